The predicted molar refractivity (Wildman–Crippen MR) is 68.1 cm³/mol. The fraction of sp³-hybridized carbons (Fsp3) is 0.667. The topological polar surface area (TPSA) is 43.1 Å². The van der Waals surface area contributed by atoms with Crippen molar-refractivity contribution >= 4 is 5.91 Å². The third-order valence-corrected chi connectivity index (χ3v) is 5.01. The van der Waals surface area contributed by atoms with Gasteiger partial charge in [0.15, 0.2) is 0 Å². The maximum atomic E-state index is 11.6. The number of fused-ring (bicyclic) bond motifs is 3. The second-order valence-electron chi connectivity index (χ2n) is 5.79. The molecule has 3 aliphatic rings. The van der Waals surface area contributed by atoms with Crippen LogP contribution in [-0.2, 0) is 4.79 Å². The Labute approximate surface area is 103 Å². The summed E-state index contributed by atoms with van der Waals surface area (Å²) in [6.07, 6.45) is 14.0. The fourth-order valence-corrected chi connectivity index (χ4v) is 4.23. The van der Waals surface area contributed by atoms with E-state index in [-0.39, 0.29) is 11.8 Å². The van der Waals surface area contributed by atoms with Gasteiger partial charge in [-0.05, 0) is 55.4 Å². The highest BCUT2D eigenvalue weighted by Crippen LogP contribution is 2.49. The number of rotatable bonds is 1. The van der Waals surface area contributed by atoms with Crippen molar-refractivity contribution in [2.45, 2.75) is 38.5 Å². The molecule has 3 rings (SSSR count). The molecule has 0 saturated heterocycles. The predicted octanol–water partition coefficient (Wildman–Crippen LogP) is 2.80. The van der Waals surface area contributed by atoms with E-state index >= 15 is 0 Å². The molecule has 92 valence electrons. The summed E-state index contributed by atoms with van der Waals surface area (Å²) in [7, 11) is 0. The molecule has 0 aromatic carbocycles. The van der Waals surface area contributed by atoms with Crippen molar-refractivity contribution in [1.82, 2.24) is 0 Å². The zero-order chi connectivity index (χ0) is 11.8. The van der Waals surface area contributed by atoms with Crippen LogP contribution in [0.2, 0.25) is 0 Å². The Balaban J connectivity index is 1.88. The molecule has 0 aromatic heterocycles. The van der Waals surface area contributed by atoms with E-state index in [1.54, 1.807) is 0 Å². The number of primary amides is 1. The summed E-state index contributed by atoms with van der Waals surface area (Å²) >= 11 is 0. The second-order valence-corrected chi connectivity index (χ2v) is 5.79. The molecule has 0 aromatic rings. The Bertz CT molecular complexity index is 382. The molecular formula is C15H21NO. The molecule has 2 nitrogen and oxygen atoms in total. The molecule has 2 N–H and O–H groups in total. The van der Waals surface area contributed by atoms with E-state index in [9.17, 15) is 4.79 Å². The summed E-state index contributed by atoms with van der Waals surface area (Å²) in [5.74, 6) is 2.02. The Morgan fingerprint density at radius 3 is 2.94 bits per heavy atom. The van der Waals surface area contributed by atoms with E-state index in [0.717, 1.165) is 12.8 Å². The van der Waals surface area contributed by atoms with Crippen LogP contribution in [-0.4, -0.2) is 5.91 Å². The van der Waals surface area contributed by atoms with E-state index in [0.29, 0.717) is 17.8 Å². The lowest BCUT2D eigenvalue weighted by Crippen LogP contribution is -2.42. The number of hydrogen-bond acceptors (Lipinski definition) is 1. The molecular weight excluding hydrogens is 210 g/mol. The summed E-state index contributed by atoms with van der Waals surface area (Å²) < 4.78 is 0. The monoisotopic (exact) mass is 231 g/mol. The van der Waals surface area contributed by atoms with Crippen molar-refractivity contribution in [3.05, 3.63) is 23.8 Å². The minimum atomic E-state index is -0.0668. The molecule has 4 unspecified atom stereocenters. The quantitative estimate of drug-likeness (QED) is 0.741. The van der Waals surface area contributed by atoms with Crippen LogP contribution in [0.1, 0.15) is 38.5 Å². The Hall–Kier alpha value is -1.05. The standard InChI is InChI=1S/C15H21NO/c16-15(17)14-7-3-6-12-11-5-2-1-4-10(11)8-9-13(12)14/h1,4,8,11-14H,2-3,5-7,9H2,(H2,16,17). The Morgan fingerprint density at radius 1 is 1.24 bits per heavy atom. The zero-order valence-corrected chi connectivity index (χ0v) is 10.3. The second kappa shape index (κ2) is 4.32. The van der Waals surface area contributed by atoms with Gasteiger partial charge in [-0.25, -0.2) is 0 Å². The lowest BCUT2D eigenvalue weighted by molar-refractivity contribution is -0.126. The van der Waals surface area contributed by atoms with Crippen LogP contribution in [0.15, 0.2) is 23.8 Å². The van der Waals surface area contributed by atoms with Crippen molar-refractivity contribution < 1.29 is 4.79 Å². The largest absolute Gasteiger partial charge is 0.369 e. The molecule has 17 heavy (non-hydrogen) atoms. The van der Waals surface area contributed by atoms with Gasteiger partial charge < -0.3 is 5.73 Å². The minimum Gasteiger partial charge on any atom is -0.369 e. The number of carbonyl (C=O) groups excluding carboxylic acids is 1. The van der Waals surface area contributed by atoms with Gasteiger partial charge in [-0.15, -0.1) is 0 Å². The van der Waals surface area contributed by atoms with E-state index in [1.807, 2.05) is 0 Å². The van der Waals surface area contributed by atoms with Crippen LogP contribution < -0.4 is 5.73 Å². The Kier molecular flexibility index (Phi) is 2.81. The van der Waals surface area contributed by atoms with Crippen molar-refractivity contribution in [2.75, 3.05) is 0 Å². The third kappa shape index (κ3) is 1.84. The first-order valence-corrected chi connectivity index (χ1v) is 6.93. The summed E-state index contributed by atoms with van der Waals surface area (Å²) in [4.78, 5) is 11.6. The van der Waals surface area contributed by atoms with Crippen molar-refractivity contribution in [1.29, 1.82) is 0 Å². The van der Waals surface area contributed by atoms with E-state index in [1.165, 1.54) is 31.3 Å². The zero-order valence-electron chi connectivity index (χ0n) is 10.3. The smallest absolute Gasteiger partial charge is 0.220 e. The molecule has 3 aliphatic carbocycles. The SMILES string of the molecule is NC(=O)C1CCCC2C3CCC=CC3=CCC12. The maximum absolute atomic E-state index is 11.6. The van der Waals surface area contributed by atoms with Crippen LogP contribution in [0.5, 0.6) is 0 Å². The number of nitrogens with two attached hydrogens (primary N) is 1. The summed E-state index contributed by atoms with van der Waals surface area (Å²) in [6.45, 7) is 0. The number of hydrogen-bond donors (Lipinski definition) is 1. The van der Waals surface area contributed by atoms with Crippen LogP contribution in [0.25, 0.3) is 0 Å². The van der Waals surface area contributed by atoms with Crippen LogP contribution in [0.4, 0.5) is 0 Å². The first kappa shape index (κ1) is 11.1. The number of allylic oxidation sites excluding steroid dienone is 4. The fourth-order valence-electron chi connectivity index (χ4n) is 4.23. The van der Waals surface area contributed by atoms with E-state index in [4.69, 9.17) is 5.73 Å². The van der Waals surface area contributed by atoms with Gasteiger partial charge in [0.1, 0.15) is 0 Å². The minimum absolute atomic E-state index is 0.0668. The average Bonchev–Trinajstić information content (AvgIpc) is 2.37. The number of carbonyl (C=O) groups is 1. The van der Waals surface area contributed by atoms with Gasteiger partial charge in [-0.1, -0.05) is 24.6 Å². The highest BCUT2D eigenvalue weighted by molar-refractivity contribution is 5.77. The molecule has 1 fully saturated rings. The lowest BCUT2D eigenvalue weighted by atomic mass is 9.60. The van der Waals surface area contributed by atoms with Gasteiger partial charge in [0.05, 0.1) is 0 Å². The van der Waals surface area contributed by atoms with Crippen LogP contribution >= 0.6 is 0 Å². The molecule has 2 heteroatoms. The van der Waals surface area contributed by atoms with Crippen molar-refractivity contribution in [3.63, 3.8) is 0 Å². The summed E-state index contributed by atoms with van der Waals surface area (Å²) in [5, 5.41) is 0. The highest BCUT2D eigenvalue weighted by Gasteiger charge is 2.42. The van der Waals surface area contributed by atoms with E-state index < -0.39 is 0 Å². The molecule has 0 heterocycles. The number of amides is 1. The lowest BCUT2D eigenvalue weighted by Gasteiger charge is -2.45. The van der Waals surface area contributed by atoms with Gasteiger partial charge in [0.2, 0.25) is 5.91 Å². The van der Waals surface area contributed by atoms with Crippen LogP contribution in [0, 0.1) is 23.7 Å². The highest BCUT2D eigenvalue weighted by atomic mass is 16.1. The molecule has 4 atom stereocenters. The van der Waals surface area contributed by atoms with Gasteiger partial charge in [-0.2, -0.15) is 0 Å². The van der Waals surface area contributed by atoms with Gasteiger partial charge in [0, 0.05) is 5.92 Å². The molecule has 0 aliphatic heterocycles. The molecule has 0 spiro atoms. The first-order valence-electron chi connectivity index (χ1n) is 6.93. The summed E-state index contributed by atoms with van der Waals surface area (Å²) in [5.41, 5.74) is 7.10. The van der Waals surface area contributed by atoms with Gasteiger partial charge >= 0.3 is 0 Å². The van der Waals surface area contributed by atoms with Crippen LogP contribution in [0.3, 0.4) is 0 Å². The van der Waals surface area contributed by atoms with Crippen molar-refractivity contribution in [2.24, 2.45) is 29.4 Å². The normalized spacial score (nSPS) is 40.1. The van der Waals surface area contributed by atoms with Crippen molar-refractivity contribution in [3.8, 4) is 0 Å². The van der Waals surface area contributed by atoms with E-state index in [2.05, 4.69) is 18.2 Å². The maximum Gasteiger partial charge on any atom is 0.220 e. The molecule has 0 radical (unpaired) electrons. The Morgan fingerprint density at radius 2 is 2.12 bits per heavy atom. The average molecular weight is 231 g/mol. The molecule has 1 amide bonds. The molecule has 1 saturated carbocycles. The first-order chi connectivity index (χ1) is 8.27. The van der Waals surface area contributed by atoms with Gasteiger partial charge in [-0.3, -0.25) is 4.79 Å². The molecule has 0 bridgehead atoms. The third-order valence-electron chi connectivity index (χ3n) is 5.01. The van der Waals surface area contributed by atoms with Gasteiger partial charge in [0.25, 0.3) is 0 Å². The summed E-state index contributed by atoms with van der Waals surface area (Å²) in [6, 6.07) is 0.